The van der Waals surface area contributed by atoms with Crippen LogP contribution in [0.5, 0.6) is 0 Å². The first-order chi connectivity index (χ1) is 7.38. The quantitative estimate of drug-likeness (QED) is 0.794. The van der Waals surface area contributed by atoms with Crippen molar-refractivity contribution in [2.75, 3.05) is 19.6 Å². The Labute approximate surface area is 99.6 Å². The van der Waals surface area contributed by atoms with Gasteiger partial charge >= 0.3 is 0 Å². The highest BCUT2D eigenvalue weighted by Gasteiger charge is 2.35. The van der Waals surface area contributed by atoms with Crippen LogP contribution in [-0.2, 0) is 4.79 Å². The van der Waals surface area contributed by atoms with E-state index in [-0.39, 0.29) is 5.91 Å². The van der Waals surface area contributed by atoms with E-state index in [1.807, 2.05) is 25.7 Å². The molecule has 1 N–H and O–H groups in total. The van der Waals surface area contributed by atoms with Gasteiger partial charge in [0, 0.05) is 13.1 Å². The zero-order valence-electron chi connectivity index (χ0n) is 11.3. The summed E-state index contributed by atoms with van der Waals surface area (Å²) in [5.74, 6) is 1.61. The summed E-state index contributed by atoms with van der Waals surface area (Å²) in [6, 6.07) is 0. The first-order valence-electron chi connectivity index (χ1n) is 6.43. The van der Waals surface area contributed by atoms with Crippen LogP contribution in [0.15, 0.2) is 0 Å². The molecule has 1 amide bonds. The molecule has 1 aliphatic rings. The van der Waals surface area contributed by atoms with Crippen LogP contribution in [0.25, 0.3) is 0 Å². The van der Waals surface area contributed by atoms with Crippen molar-refractivity contribution in [3.05, 3.63) is 0 Å². The van der Waals surface area contributed by atoms with Gasteiger partial charge in [-0.2, -0.15) is 0 Å². The van der Waals surface area contributed by atoms with Crippen molar-refractivity contribution in [1.29, 1.82) is 0 Å². The van der Waals surface area contributed by atoms with Crippen LogP contribution in [0.4, 0.5) is 0 Å². The summed E-state index contributed by atoms with van der Waals surface area (Å²) in [6.45, 7) is 13.2. The lowest BCUT2D eigenvalue weighted by Gasteiger charge is -2.30. The van der Waals surface area contributed by atoms with Gasteiger partial charge in [0.1, 0.15) is 0 Å². The Hall–Kier alpha value is -0.570. The van der Waals surface area contributed by atoms with Crippen molar-refractivity contribution in [3.8, 4) is 0 Å². The number of hydrogen-bond donors (Lipinski definition) is 1. The van der Waals surface area contributed by atoms with Crippen LogP contribution in [0.2, 0.25) is 0 Å². The number of hydrogen-bond acceptors (Lipinski definition) is 2. The van der Waals surface area contributed by atoms with E-state index < -0.39 is 5.54 Å². The van der Waals surface area contributed by atoms with E-state index in [1.54, 1.807) is 0 Å². The Kier molecular flexibility index (Phi) is 4.36. The fraction of sp³-hybridized carbons (Fsp3) is 0.923. The number of nitrogens with one attached hydrogen (secondary N) is 1. The SMILES string of the molecule is CCNC(C)(C)C(=O)N1CCC(C(C)C)C1. The molecule has 0 spiro atoms. The second-order valence-corrected chi connectivity index (χ2v) is 5.70. The number of carbonyl (C=O) groups excluding carboxylic acids is 1. The van der Waals surface area contributed by atoms with Gasteiger partial charge in [-0.15, -0.1) is 0 Å². The van der Waals surface area contributed by atoms with Crippen LogP contribution < -0.4 is 5.32 Å². The molecule has 3 heteroatoms. The van der Waals surface area contributed by atoms with E-state index in [0.717, 1.165) is 26.1 Å². The van der Waals surface area contributed by atoms with Gasteiger partial charge < -0.3 is 10.2 Å². The molecule has 1 heterocycles. The minimum atomic E-state index is -0.416. The molecule has 94 valence electrons. The van der Waals surface area contributed by atoms with Crippen molar-refractivity contribution in [1.82, 2.24) is 10.2 Å². The Balaban J connectivity index is 2.57. The zero-order chi connectivity index (χ0) is 12.3. The summed E-state index contributed by atoms with van der Waals surface area (Å²) < 4.78 is 0. The summed E-state index contributed by atoms with van der Waals surface area (Å²) in [4.78, 5) is 14.3. The van der Waals surface area contributed by atoms with Gasteiger partial charge in [0.25, 0.3) is 0 Å². The molecule has 1 saturated heterocycles. The highest BCUT2D eigenvalue weighted by molar-refractivity contribution is 5.85. The maximum Gasteiger partial charge on any atom is 0.242 e. The van der Waals surface area contributed by atoms with Crippen LogP contribution in [0.1, 0.15) is 41.0 Å². The number of rotatable bonds is 4. The molecule has 3 nitrogen and oxygen atoms in total. The van der Waals surface area contributed by atoms with Crippen LogP contribution >= 0.6 is 0 Å². The monoisotopic (exact) mass is 226 g/mol. The zero-order valence-corrected chi connectivity index (χ0v) is 11.3. The molecule has 0 aliphatic carbocycles. The third-order valence-electron chi connectivity index (χ3n) is 3.61. The summed E-state index contributed by atoms with van der Waals surface area (Å²) in [7, 11) is 0. The molecule has 1 rings (SSSR count). The van der Waals surface area contributed by atoms with Gasteiger partial charge in [0.2, 0.25) is 5.91 Å². The molecule has 1 unspecified atom stereocenters. The van der Waals surface area contributed by atoms with Gasteiger partial charge in [0.05, 0.1) is 5.54 Å². The average molecular weight is 226 g/mol. The third-order valence-corrected chi connectivity index (χ3v) is 3.61. The minimum absolute atomic E-state index is 0.248. The number of carbonyl (C=O) groups is 1. The largest absolute Gasteiger partial charge is 0.341 e. The van der Waals surface area contributed by atoms with Crippen molar-refractivity contribution < 1.29 is 4.79 Å². The normalized spacial score (nSPS) is 21.9. The summed E-state index contributed by atoms with van der Waals surface area (Å²) in [6.07, 6.45) is 1.16. The maximum atomic E-state index is 12.3. The second-order valence-electron chi connectivity index (χ2n) is 5.70. The lowest BCUT2D eigenvalue weighted by molar-refractivity contribution is -0.136. The summed E-state index contributed by atoms with van der Waals surface area (Å²) >= 11 is 0. The number of nitrogens with zero attached hydrogens (tertiary/aromatic N) is 1. The molecule has 0 aromatic rings. The highest BCUT2D eigenvalue weighted by Crippen LogP contribution is 2.25. The predicted molar refractivity (Wildman–Crippen MR) is 67.3 cm³/mol. The molecule has 1 atom stereocenters. The Morgan fingerprint density at radius 2 is 2.12 bits per heavy atom. The Morgan fingerprint density at radius 1 is 1.50 bits per heavy atom. The molecular formula is C13H26N2O. The summed E-state index contributed by atoms with van der Waals surface area (Å²) in [5.41, 5.74) is -0.416. The van der Waals surface area contributed by atoms with E-state index in [4.69, 9.17) is 0 Å². The van der Waals surface area contributed by atoms with Gasteiger partial charge in [-0.05, 0) is 38.6 Å². The molecule has 1 fully saturated rings. The van der Waals surface area contributed by atoms with Gasteiger partial charge in [-0.25, -0.2) is 0 Å². The van der Waals surface area contributed by atoms with E-state index in [0.29, 0.717) is 11.8 Å². The maximum absolute atomic E-state index is 12.3. The fourth-order valence-electron chi connectivity index (χ4n) is 2.43. The van der Waals surface area contributed by atoms with Crippen molar-refractivity contribution in [2.24, 2.45) is 11.8 Å². The lowest BCUT2D eigenvalue weighted by Crippen LogP contribution is -2.53. The molecule has 1 aliphatic heterocycles. The van der Waals surface area contributed by atoms with E-state index >= 15 is 0 Å². The molecule has 0 radical (unpaired) electrons. The molecular weight excluding hydrogens is 200 g/mol. The number of likely N-dealkylation sites (N-methyl/N-ethyl adjacent to an activating group) is 1. The fourth-order valence-corrected chi connectivity index (χ4v) is 2.43. The minimum Gasteiger partial charge on any atom is -0.341 e. The second kappa shape index (κ2) is 5.17. The van der Waals surface area contributed by atoms with Gasteiger partial charge in [-0.1, -0.05) is 20.8 Å². The smallest absolute Gasteiger partial charge is 0.242 e. The van der Waals surface area contributed by atoms with Crippen LogP contribution in [0.3, 0.4) is 0 Å². The molecule has 16 heavy (non-hydrogen) atoms. The van der Waals surface area contributed by atoms with Gasteiger partial charge in [0.15, 0.2) is 0 Å². The van der Waals surface area contributed by atoms with Crippen molar-refractivity contribution in [3.63, 3.8) is 0 Å². The average Bonchev–Trinajstić information content (AvgIpc) is 2.65. The summed E-state index contributed by atoms with van der Waals surface area (Å²) in [5, 5.41) is 3.25. The molecule has 0 bridgehead atoms. The van der Waals surface area contributed by atoms with E-state index in [9.17, 15) is 4.79 Å². The van der Waals surface area contributed by atoms with Gasteiger partial charge in [-0.3, -0.25) is 4.79 Å². The Bertz CT molecular complexity index is 248. The number of amides is 1. The Morgan fingerprint density at radius 3 is 2.56 bits per heavy atom. The lowest BCUT2D eigenvalue weighted by atomic mass is 9.95. The van der Waals surface area contributed by atoms with Crippen molar-refractivity contribution >= 4 is 5.91 Å². The van der Waals surface area contributed by atoms with Crippen molar-refractivity contribution in [2.45, 2.75) is 46.6 Å². The highest BCUT2D eigenvalue weighted by atomic mass is 16.2. The molecule has 0 aromatic heterocycles. The standard InChI is InChI=1S/C13H26N2O/c1-6-14-13(4,5)12(16)15-8-7-11(9-15)10(2)3/h10-11,14H,6-9H2,1-5H3. The predicted octanol–water partition coefficient (Wildman–Crippen LogP) is 1.88. The number of likely N-dealkylation sites (tertiary alicyclic amines) is 1. The topological polar surface area (TPSA) is 32.3 Å². The third kappa shape index (κ3) is 2.97. The molecule has 0 saturated carbocycles. The first kappa shape index (κ1) is 13.5. The van der Waals surface area contributed by atoms with E-state index in [2.05, 4.69) is 19.2 Å². The van der Waals surface area contributed by atoms with Crippen LogP contribution in [0, 0.1) is 11.8 Å². The molecule has 0 aromatic carbocycles. The van der Waals surface area contributed by atoms with E-state index in [1.165, 1.54) is 0 Å². The van der Waals surface area contributed by atoms with Crippen LogP contribution in [-0.4, -0.2) is 36.0 Å². The first-order valence-corrected chi connectivity index (χ1v) is 6.43.